The molecule has 2 heterocycles. The zero-order valence-electron chi connectivity index (χ0n) is 13.0. The van der Waals surface area contributed by atoms with Crippen LogP contribution >= 0.6 is 11.8 Å². The molecule has 3 aromatic rings. The summed E-state index contributed by atoms with van der Waals surface area (Å²) in [4.78, 5) is 28.5. The fourth-order valence-electron chi connectivity index (χ4n) is 2.49. The van der Waals surface area contributed by atoms with Crippen molar-refractivity contribution in [3.05, 3.63) is 63.1 Å². The van der Waals surface area contributed by atoms with E-state index in [1.54, 1.807) is 31.4 Å². The van der Waals surface area contributed by atoms with Crippen LogP contribution < -0.4 is 20.7 Å². The molecule has 7 nitrogen and oxygen atoms in total. The molecule has 0 bridgehead atoms. The normalized spacial score (nSPS) is 10.8. The van der Waals surface area contributed by atoms with Crippen LogP contribution in [0.1, 0.15) is 5.56 Å². The van der Waals surface area contributed by atoms with Crippen LogP contribution in [0.15, 0.2) is 46.2 Å². The van der Waals surface area contributed by atoms with E-state index in [1.807, 2.05) is 0 Å². The number of hydrogen-bond donors (Lipinski definition) is 0. The standard InChI is InChI=1S/C16H14ClN3O4/c1-23-11-4-3-10(14(7-11)24-2)9-19-13-5-6-18-8-12(13)15(21)20(17)16(19)22/h3-8H,9H2,1-2H3. The molecule has 0 fully saturated rings. The van der Waals surface area contributed by atoms with Gasteiger partial charge in [0.2, 0.25) is 0 Å². The summed E-state index contributed by atoms with van der Waals surface area (Å²) < 4.78 is 12.5. The molecule has 2 aromatic heterocycles. The number of pyridine rings is 1. The first-order chi connectivity index (χ1) is 11.6. The number of aromatic nitrogens is 3. The van der Waals surface area contributed by atoms with E-state index in [1.165, 1.54) is 24.1 Å². The molecule has 0 N–H and O–H groups in total. The van der Waals surface area contributed by atoms with E-state index in [2.05, 4.69) is 4.98 Å². The number of hydrogen-bond acceptors (Lipinski definition) is 5. The smallest absolute Gasteiger partial charge is 0.346 e. The molecule has 0 aliphatic carbocycles. The molecule has 1 aromatic carbocycles. The van der Waals surface area contributed by atoms with Crippen molar-refractivity contribution in [3.63, 3.8) is 0 Å². The third kappa shape index (κ3) is 2.63. The van der Waals surface area contributed by atoms with E-state index in [0.717, 1.165) is 5.56 Å². The fourth-order valence-corrected chi connectivity index (χ4v) is 2.68. The third-order valence-electron chi connectivity index (χ3n) is 3.72. The molecule has 24 heavy (non-hydrogen) atoms. The van der Waals surface area contributed by atoms with Gasteiger partial charge in [-0.1, -0.05) is 0 Å². The summed E-state index contributed by atoms with van der Waals surface area (Å²) in [6, 6.07) is 6.88. The van der Waals surface area contributed by atoms with Crippen LogP contribution in [0.4, 0.5) is 0 Å². The lowest BCUT2D eigenvalue weighted by molar-refractivity contribution is 0.390. The minimum absolute atomic E-state index is 0.180. The molecule has 0 unspecified atom stereocenters. The molecule has 124 valence electrons. The van der Waals surface area contributed by atoms with E-state index in [9.17, 15) is 9.59 Å². The van der Waals surface area contributed by atoms with Crippen molar-refractivity contribution < 1.29 is 9.47 Å². The number of methoxy groups -OCH3 is 2. The predicted octanol–water partition coefficient (Wildman–Crippen LogP) is 1.63. The monoisotopic (exact) mass is 347 g/mol. The van der Waals surface area contributed by atoms with E-state index in [-0.39, 0.29) is 11.9 Å². The van der Waals surface area contributed by atoms with Gasteiger partial charge in [-0.05, 0) is 18.2 Å². The highest BCUT2D eigenvalue weighted by Crippen LogP contribution is 2.25. The second kappa shape index (κ2) is 6.37. The Bertz CT molecular complexity index is 1030. The van der Waals surface area contributed by atoms with Gasteiger partial charge in [-0.15, -0.1) is 0 Å². The van der Waals surface area contributed by atoms with E-state index in [4.69, 9.17) is 21.3 Å². The van der Waals surface area contributed by atoms with Gasteiger partial charge in [-0.3, -0.25) is 14.3 Å². The van der Waals surface area contributed by atoms with Crippen LogP contribution in [0.5, 0.6) is 11.5 Å². The van der Waals surface area contributed by atoms with Crippen molar-refractivity contribution in [3.8, 4) is 11.5 Å². The summed E-state index contributed by atoms with van der Waals surface area (Å²) in [5.41, 5.74) is -0.0236. The second-order valence-corrected chi connectivity index (χ2v) is 5.36. The number of ether oxygens (including phenoxy) is 2. The highest BCUT2D eigenvalue weighted by molar-refractivity contribution is 6.15. The fraction of sp³-hybridized carbons (Fsp3) is 0.188. The second-order valence-electron chi connectivity index (χ2n) is 5.03. The van der Waals surface area contributed by atoms with E-state index in [0.29, 0.717) is 21.1 Å². The molecule has 3 rings (SSSR count). The molecular formula is C16H14ClN3O4. The van der Waals surface area contributed by atoms with Crippen molar-refractivity contribution in [2.45, 2.75) is 6.54 Å². The number of halogens is 1. The average Bonchev–Trinajstić information content (AvgIpc) is 2.63. The number of fused-ring (bicyclic) bond motifs is 1. The van der Waals surface area contributed by atoms with Crippen molar-refractivity contribution in [1.82, 2.24) is 13.6 Å². The van der Waals surface area contributed by atoms with Gasteiger partial charge in [0, 0.05) is 35.8 Å². The van der Waals surface area contributed by atoms with Gasteiger partial charge < -0.3 is 9.47 Å². The lowest BCUT2D eigenvalue weighted by Crippen LogP contribution is -2.36. The van der Waals surface area contributed by atoms with Crippen molar-refractivity contribution in [1.29, 1.82) is 0 Å². The SMILES string of the molecule is COc1ccc(Cn2c(=O)n(Cl)c(=O)c3cnccc32)c(OC)c1. The Balaban J connectivity index is 2.22. The Morgan fingerprint density at radius 2 is 1.96 bits per heavy atom. The van der Waals surface area contributed by atoms with Gasteiger partial charge >= 0.3 is 5.69 Å². The van der Waals surface area contributed by atoms with Crippen LogP contribution in [0.3, 0.4) is 0 Å². The molecule has 0 saturated heterocycles. The Hall–Kier alpha value is -2.80. The zero-order chi connectivity index (χ0) is 17.3. The van der Waals surface area contributed by atoms with Crippen molar-refractivity contribution in [2.75, 3.05) is 14.2 Å². The molecule has 0 amide bonds. The summed E-state index contributed by atoms with van der Waals surface area (Å²) >= 11 is 5.84. The van der Waals surface area contributed by atoms with E-state index < -0.39 is 11.2 Å². The maximum atomic E-state index is 12.4. The van der Waals surface area contributed by atoms with Gasteiger partial charge in [0.25, 0.3) is 5.56 Å². The van der Waals surface area contributed by atoms with Crippen LogP contribution in [-0.2, 0) is 6.54 Å². The summed E-state index contributed by atoms with van der Waals surface area (Å²) in [7, 11) is 3.09. The summed E-state index contributed by atoms with van der Waals surface area (Å²) in [5.74, 6) is 1.20. The lowest BCUT2D eigenvalue weighted by atomic mass is 10.2. The van der Waals surface area contributed by atoms with Gasteiger partial charge in [-0.2, -0.15) is 4.09 Å². The van der Waals surface area contributed by atoms with Crippen LogP contribution in [0, 0.1) is 0 Å². The molecule has 0 saturated carbocycles. The molecule has 8 heteroatoms. The first-order valence-electron chi connectivity index (χ1n) is 7.03. The minimum Gasteiger partial charge on any atom is -0.497 e. The maximum Gasteiger partial charge on any atom is 0.346 e. The first kappa shape index (κ1) is 16.1. The Morgan fingerprint density at radius 3 is 2.67 bits per heavy atom. The molecule has 0 spiro atoms. The van der Waals surface area contributed by atoms with Gasteiger partial charge in [0.05, 0.1) is 31.7 Å². The molecule has 0 aliphatic heterocycles. The Morgan fingerprint density at radius 1 is 1.17 bits per heavy atom. The summed E-state index contributed by atoms with van der Waals surface area (Å²) in [6.07, 6.45) is 2.90. The van der Waals surface area contributed by atoms with Crippen LogP contribution in [-0.4, -0.2) is 27.9 Å². The summed E-state index contributed by atoms with van der Waals surface area (Å²) in [5, 5.41) is 0.263. The van der Waals surface area contributed by atoms with E-state index >= 15 is 0 Å². The highest BCUT2D eigenvalue weighted by atomic mass is 35.5. The number of rotatable bonds is 4. The third-order valence-corrected chi connectivity index (χ3v) is 4.02. The predicted molar refractivity (Wildman–Crippen MR) is 90.2 cm³/mol. The van der Waals surface area contributed by atoms with Crippen LogP contribution in [0.25, 0.3) is 10.9 Å². The lowest BCUT2D eigenvalue weighted by Gasteiger charge is -2.14. The molecule has 0 radical (unpaired) electrons. The highest BCUT2D eigenvalue weighted by Gasteiger charge is 2.14. The first-order valence-corrected chi connectivity index (χ1v) is 7.37. The molecular weight excluding hydrogens is 334 g/mol. The Labute approximate surface area is 141 Å². The Kier molecular flexibility index (Phi) is 4.26. The van der Waals surface area contributed by atoms with Crippen molar-refractivity contribution >= 4 is 22.7 Å². The molecule has 0 aliphatic rings. The van der Waals surface area contributed by atoms with Gasteiger partial charge in [0.1, 0.15) is 11.5 Å². The maximum absolute atomic E-state index is 12.4. The van der Waals surface area contributed by atoms with Gasteiger partial charge in [0.15, 0.2) is 0 Å². The number of benzene rings is 1. The minimum atomic E-state index is -0.627. The largest absolute Gasteiger partial charge is 0.497 e. The van der Waals surface area contributed by atoms with Crippen molar-refractivity contribution in [2.24, 2.45) is 0 Å². The zero-order valence-corrected chi connectivity index (χ0v) is 13.8. The average molecular weight is 348 g/mol. The summed E-state index contributed by atoms with van der Waals surface area (Å²) in [6.45, 7) is 0.180. The van der Waals surface area contributed by atoms with Gasteiger partial charge in [-0.25, -0.2) is 4.79 Å². The topological polar surface area (TPSA) is 75.4 Å². The van der Waals surface area contributed by atoms with Crippen LogP contribution in [0.2, 0.25) is 0 Å². The molecule has 0 atom stereocenters. The number of nitrogens with zero attached hydrogens (tertiary/aromatic N) is 3. The quantitative estimate of drug-likeness (QED) is 0.717.